The number of nitrogen functional groups attached to an aromatic ring is 1. The largest absolute Gasteiger partial charge is 0.502 e. The molecule has 1 aromatic rings. The van der Waals surface area contributed by atoms with Gasteiger partial charge in [-0.15, -0.1) is 0 Å². The molecule has 0 aliphatic rings. The van der Waals surface area contributed by atoms with Crippen molar-refractivity contribution < 1.29 is 21.6 Å². The molecule has 0 saturated heterocycles. The van der Waals surface area contributed by atoms with Gasteiger partial charge in [-0.3, -0.25) is 0 Å². The Hall–Kier alpha value is -1.38. The molecule has 0 aliphatic carbocycles. The number of alkyl halides is 3. The molecule has 0 spiro atoms. The molecule has 0 amide bonds. The Kier molecular flexibility index (Phi) is 2.36. The maximum Gasteiger partial charge on any atom is 0.502 e. The minimum absolute atomic E-state index is 0.300. The van der Waals surface area contributed by atoms with Crippen molar-refractivity contribution in [3.63, 3.8) is 0 Å². The van der Waals surface area contributed by atoms with Gasteiger partial charge in [0.15, 0.2) is 0 Å². The molecule has 0 saturated carbocycles. The lowest BCUT2D eigenvalue weighted by Gasteiger charge is -2.06. The molecule has 0 radical (unpaired) electrons. The fourth-order valence-electron chi connectivity index (χ4n) is 0.599. The van der Waals surface area contributed by atoms with Crippen molar-refractivity contribution in [2.75, 3.05) is 5.73 Å². The first-order valence-electron chi connectivity index (χ1n) is 3.14. The molecule has 0 atom stereocenters. The Morgan fingerprint density at radius 2 is 1.64 bits per heavy atom. The SMILES string of the molecule is Nc1ncc(S(=O)(=O)C(F)(F)F)cn1. The van der Waals surface area contributed by atoms with Gasteiger partial charge < -0.3 is 5.73 Å². The lowest BCUT2D eigenvalue weighted by molar-refractivity contribution is -0.0436. The molecule has 0 fully saturated rings. The zero-order valence-corrected chi connectivity index (χ0v) is 7.30. The second kappa shape index (κ2) is 3.08. The number of hydrogen-bond donors (Lipinski definition) is 1. The topological polar surface area (TPSA) is 85.9 Å². The molecule has 0 aliphatic heterocycles. The van der Waals surface area contributed by atoms with Crippen molar-refractivity contribution in [1.29, 1.82) is 0 Å². The zero-order chi connectivity index (χ0) is 11.0. The van der Waals surface area contributed by atoms with Gasteiger partial charge in [0.1, 0.15) is 4.90 Å². The van der Waals surface area contributed by atoms with Gasteiger partial charge in [-0.25, -0.2) is 18.4 Å². The van der Waals surface area contributed by atoms with Crippen LogP contribution in [0.3, 0.4) is 0 Å². The number of halogens is 3. The van der Waals surface area contributed by atoms with E-state index < -0.39 is 20.2 Å². The van der Waals surface area contributed by atoms with E-state index in [1.54, 1.807) is 0 Å². The van der Waals surface area contributed by atoms with Crippen LogP contribution in [0.5, 0.6) is 0 Å². The smallest absolute Gasteiger partial charge is 0.368 e. The van der Waals surface area contributed by atoms with E-state index in [0.717, 1.165) is 0 Å². The second-order valence-corrected chi connectivity index (χ2v) is 4.17. The highest BCUT2D eigenvalue weighted by molar-refractivity contribution is 7.92. The molecule has 0 bridgehead atoms. The number of rotatable bonds is 1. The highest BCUT2D eigenvalue weighted by atomic mass is 32.2. The van der Waals surface area contributed by atoms with E-state index in [9.17, 15) is 21.6 Å². The van der Waals surface area contributed by atoms with Crippen LogP contribution in [-0.2, 0) is 9.84 Å². The summed E-state index contributed by atoms with van der Waals surface area (Å²) < 4.78 is 57.3. The van der Waals surface area contributed by atoms with Crippen molar-refractivity contribution in [2.24, 2.45) is 0 Å². The summed E-state index contributed by atoms with van der Waals surface area (Å²) in [4.78, 5) is 5.26. The molecule has 9 heteroatoms. The van der Waals surface area contributed by atoms with Gasteiger partial charge >= 0.3 is 5.51 Å². The van der Waals surface area contributed by atoms with E-state index in [1.165, 1.54) is 0 Å². The van der Waals surface area contributed by atoms with Crippen LogP contribution >= 0.6 is 0 Å². The highest BCUT2D eigenvalue weighted by Crippen LogP contribution is 2.29. The Balaban J connectivity index is 3.25. The van der Waals surface area contributed by atoms with Gasteiger partial charge in [-0.05, 0) is 0 Å². The molecule has 5 nitrogen and oxygen atoms in total. The molecule has 1 rings (SSSR count). The standard InChI is InChI=1S/C5H4F3N3O2S/c6-5(7,8)14(12,13)3-1-10-4(9)11-2-3/h1-2H,(H2,9,10,11). The number of aromatic nitrogens is 2. The van der Waals surface area contributed by atoms with Crippen LogP contribution < -0.4 is 5.73 Å². The molecule has 78 valence electrons. The van der Waals surface area contributed by atoms with Gasteiger partial charge in [-0.2, -0.15) is 13.2 Å². The van der Waals surface area contributed by atoms with E-state index in [1.807, 2.05) is 0 Å². The zero-order valence-electron chi connectivity index (χ0n) is 6.49. The van der Waals surface area contributed by atoms with Crippen molar-refractivity contribution >= 4 is 15.8 Å². The number of nitrogens with zero attached hydrogens (tertiary/aromatic N) is 2. The van der Waals surface area contributed by atoms with E-state index in [2.05, 4.69) is 9.97 Å². The summed E-state index contributed by atoms with van der Waals surface area (Å²) in [6.45, 7) is 0. The van der Waals surface area contributed by atoms with Crippen molar-refractivity contribution in [2.45, 2.75) is 10.4 Å². The van der Waals surface area contributed by atoms with Crippen LogP contribution in [0.2, 0.25) is 0 Å². The van der Waals surface area contributed by atoms with Crippen LogP contribution in [0.25, 0.3) is 0 Å². The highest BCUT2D eigenvalue weighted by Gasteiger charge is 2.47. The number of hydrogen-bond acceptors (Lipinski definition) is 5. The van der Waals surface area contributed by atoms with Gasteiger partial charge in [0, 0.05) is 0 Å². The molecular formula is C5H4F3N3O2S. The van der Waals surface area contributed by atoms with Crippen LogP contribution in [0, 0.1) is 0 Å². The molecule has 2 N–H and O–H groups in total. The van der Waals surface area contributed by atoms with Gasteiger partial charge in [0.05, 0.1) is 12.4 Å². The van der Waals surface area contributed by atoms with Crippen LogP contribution in [0.15, 0.2) is 17.3 Å². The third-order valence-corrected chi connectivity index (χ3v) is 2.70. The summed E-state index contributed by atoms with van der Waals surface area (Å²) in [5.41, 5.74) is -0.374. The first-order chi connectivity index (χ1) is 6.25. The van der Waals surface area contributed by atoms with Crippen LogP contribution in [-0.4, -0.2) is 23.9 Å². The van der Waals surface area contributed by atoms with Crippen molar-refractivity contribution in [1.82, 2.24) is 9.97 Å². The summed E-state index contributed by atoms with van der Waals surface area (Å²) in [5, 5.41) is 0. The molecular weight excluding hydrogens is 223 g/mol. The average molecular weight is 227 g/mol. The van der Waals surface area contributed by atoms with E-state index in [4.69, 9.17) is 5.73 Å². The summed E-state index contributed by atoms with van der Waals surface area (Å²) in [6.07, 6.45) is 1.01. The van der Waals surface area contributed by atoms with E-state index in [-0.39, 0.29) is 5.95 Å². The Morgan fingerprint density at radius 1 is 1.21 bits per heavy atom. The predicted octanol–water partition coefficient (Wildman–Crippen LogP) is 0.352. The lowest BCUT2D eigenvalue weighted by Crippen LogP contribution is -2.23. The molecule has 14 heavy (non-hydrogen) atoms. The quantitative estimate of drug-likeness (QED) is 0.748. The Labute approximate surface area is 76.7 Å². The van der Waals surface area contributed by atoms with Crippen LogP contribution in [0.1, 0.15) is 0 Å². The normalized spacial score (nSPS) is 12.8. The molecule has 0 aromatic carbocycles. The third-order valence-electron chi connectivity index (χ3n) is 1.26. The second-order valence-electron chi connectivity index (χ2n) is 2.23. The Bertz CT molecular complexity index is 425. The third kappa shape index (κ3) is 1.76. The minimum Gasteiger partial charge on any atom is -0.368 e. The maximum absolute atomic E-state index is 11.9. The van der Waals surface area contributed by atoms with Gasteiger partial charge in [0.2, 0.25) is 5.95 Å². The summed E-state index contributed by atoms with van der Waals surface area (Å²) in [6, 6.07) is 0. The summed E-state index contributed by atoms with van der Waals surface area (Å²) in [7, 11) is -5.37. The van der Waals surface area contributed by atoms with Crippen molar-refractivity contribution in [3.05, 3.63) is 12.4 Å². The summed E-state index contributed by atoms with van der Waals surface area (Å²) in [5.74, 6) is -0.300. The molecule has 1 heterocycles. The van der Waals surface area contributed by atoms with Crippen LogP contribution in [0.4, 0.5) is 19.1 Å². The number of nitrogens with two attached hydrogens (primary N) is 1. The molecule has 1 aromatic heterocycles. The number of sulfone groups is 1. The minimum atomic E-state index is -5.37. The first-order valence-corrected chi connectivity index (χ1v) is 4.62. The Morgan fingerprint density at radius 3 is 2.00 bits per heavy atom. The van der Waals surface area contributed by atoms with Crippen molar-refractivity contribution in [3.8, 4) is 0 Å². The van der Waals surface area contributed by atoms with E-state index >= 15 is 0 Å². The predicted molar refractivity (Wildman–Crippen MR) is 39.7 cm³/mol. The lowest BCUT2D eigenvalue weighted by atomic mass is 10.7. The average Bonchev–Trinajstić information content (AvgIpc) is 2.03. The van der Waals surface area contributed by atoms with Gasteiger partial charge in [0.25, 0.3) is 9.84 Å². The van der Waals surface area contributed by atoms with E-state index in [0.29, 0.717) is 12.4 Å². The van der Waals surface area contributed by atoms with Gasteiger partial charge in [-0.1, -0.05) is 0 Å². The fraction of sp³-hybridized carbons (Fsp3) is 0.200. The molecule has 0 unspecified atom stereocenters. The monoisotopic (exact) mass is 227 g/mol. The maximum atomic E-state index is 11.9. The summed E-state index contributed by atoms with van der Waals surface area (Å²) >= 11 is 0. The first kappa shape index (κ1) is 10.7. The number of anilines is 1. The fourth-order valence-corrected chi connectivity index (χ4v) is 1.25.